The number of hydrogen-bond acceptors (Lipinski definition) is 7. The molecule has 7 nitrogen and oxygen atoms in total. The van der Waals surface area contributed by atoms with Crippen LogP contribution in [0.25, 0.3) is 0 Å². The van der Waals surface area contributed by atoms with Gasteiger partial charge in [-0.05, 0) is 56.6 Å². The Bertz CT molecular complexity index is 1030. The molecule has 32 heavy (non-hydrogen) atoms. The number of aliphatic hydroxyl groups is 2. The molecule has 4 aliphatic rings. The molecule has 0 aromatic heterocycles. The number of allylic oxidation sites excluding steroid dienone is 4. The molecule has 0 heterocycles. The zero-order chi connectivity index (χ0) is 23.9. The Balaban J connectivity index is 1.75. The molecule has 3 fully saturated rings. The van der Waals surface area contributed by atoms with E-state index >= 15 is 4.39 Å². The van der Waals surface area contributed by atoms with E-state index < -0.39 is 68.5 Å². The molecule has 0 unspecified atom stereocenters. The van der Waals surface area contributed by atoms with Gasteiger partial charge in [0.15, 0.2) is 17.2 Å². The van der Waals surface area contributed by atoms with Gasteiger partial charge in [-0.25, -0.2) is 4.39 Å². The minimum Gasteiger partial charge on any atom is -0.390 e. The van der Waals surface area contributed by atoms with Gasteiger partial charge in [-0.1, -0.05) is 25.5 Å². The Labute approximate surface area is 187 Å². The number of Topliss-reactive ketones (excluding diaryl/α,β-unsaturated/α-hetero) is 1. The second kappa shape index (κ2) is 7.04. The number of rotatable bonds is 4. The van der Waals surface area contributed by atoms with Gasteiger partial charge in [-0.2, -0.15) is 8.42 Å². The molecule has 4 rings (SSSR count). The fraction of sp³-hybridized carbons (Fsp3) is 0.739. The molecule has 0 amide bonds. The number of hydrogen-bond donors (Lipinski definition) is 2. The fourth-order valence-electron chi connectivity index (χ4n) is 7.41. The highest BCUT2D eigenvalue weighted by Crippen LogP contribution is 2.70. The summed E-state index contributed by atoms with van der Waals surface area (Å²) in [6.45, 7) is 4.29. The van der Waals surface area contributed by atoms with E-state index in [9.17, 15) is 28.2 Å². The summed E-state index contributed by atoms with van der Waals surface area (Å²) in [5.74, 6) is -2.60. The maximum Gasteiger partial charge on any atom is 0.264 e. The van der Waals surface area contributed by atoms with E-state index in [1.54, 1.807) is 26.8 Å². The van der Waals surface area contributed by atoms with Gasteiger partial charge in [0.1, 0.15) is 12.2 Å². The maximum absolute atomic E-state index is 17.0. The number of halogens is 1. The summed E-state index contributed by atoms with van der Waals surface area (Å²) in [4.78, 5) is 25.0. The van der Waals surface area contributed by atoms with Crippen molar-refractivity contribution >= 4 is 21.7 Å². The van der Waals surface area contributed by atoms with E-state index in [-0.39, 0.29) is 12.2 Å². The van der Waals surface area contributed by atoms with Crippen LogP contribution in [0.3, 0.4) is 0 Å². The van der Waals surface area contributed by atoms with Crippen molar-refractivity contribution in [1.29, 1.82) is 0 Å². The molecule has 0 spiro atoms. The summed E-state index contributed by atoms with van der Waals surface area (Å²) in [6.07, 6.45) is 4.75. The summed E-state index contributed by atoms with van der Waals surface area (Å²) in [7, 11) is -3.89. The first-order valence-electron chi connectivity index (χ1n) is 11.0. The zero-order valence-electron chi connectivity index (χ0n) is 18.8. The minimum atomic E-state index is -3.89. The fourth-order valence-corrected chi connectivity index (χ4v) is 7.73. The monoisotopic (exact) mass is 470 g/mol. The molecule has 3 saturated carbocycles. The van der Waals surface area contributed by atoms with E-state index in [4.69, 9.17) is 0 Å². The predicted octanol–water partition coefficient (Wildman–Crippen LogP) is 1.88. The van der Waals surface area contributed by atoms with Crippen molar-refractivity contribution < 1.29 is 36.8 Å². The number of carbonyl (C=O) groups is 2. The van der Waals surface area contributed by atoms with Crippen LogP contribution in [0.15, 0.2) is 23.8 Å². The third-order valence-electron chi connectivity index (χ3n) is 9.05. The molecule has 0 aromatic rings. The highest BCUT2D eigenvalue weighted by atomic mass is 32.2. The summed E-state index contributed by atoms with van der Waals surface area (Å²) in [5, 5.41) is 22.9. The van der Waals surface area contributed by atoms with Crippen molar-refractivity contribution in [2.45, 2.75) is 63.8 Å². The molecule has 0 aliphatic heterocycles. The van der Waals surface area contributed by atoms with Crippen LogP contribution < -0.4 is 0 Å². The number of aliphatic hydroxyl groups excluding tert-OH is 1. The molecular weight excluding hydrogens is 439 g/mol. The van der Waals surface area contributed by atoms with Gasteiger partial charge >= 0.3 is 0 Å². The summed E-state index contributed by atoms with van der Waals surface area (Å²) in [6, 6.07) is 0. The lowest BCUT2D eigenvalue weighted by Crippen LogP contribution is -2.69. The molecule has 0 radical (unpaired) electrons. The third kappa shape index (κ3) is 2.90. The number of alkyl halides is 1. The third-order valence-corrected chi connectivity index (χ3v) is 9.60. The smallest absolute Gasteiger partial charge is 0.264 e. The SMILES string of the molecule is C[C@@H]1C[C@@H]2[C@@H]3CCC4=CC(=O)C=C[C@]4(C)[C@@]3(F)[C@@H](O)C[C@]2(C)[C@@]1(O)C(=O)COS(C)(=O)=O. The van der Waals surface area contributed by atoms with Crippen LogP contribution >= 0.6 is 0 Å². The maximum atomic E-state index is 17.0. The topological polar surface area (TPSA) is 118 Å². The Hall–Kier alpha value is -1.42. The van der Waals surface area contributed by atoms with E-state index in [0.717, 1.165) is 6.26 Å². The first-order chi connectivity index (χ1) is 14.6. The van der Waals surface area contributed by atoms with E-state index in [1.807, 2.05) is 0 Å². The lowest BCUT2D eigenvalue weighted by Gasteiger charge is -2.62. The normalized spacial score (nSPS) is 48.0. The predicted molar refractivity (Wildman–Crippen MR) is 114 cm³/mol. The van der Waals surface area contributed by atoms with Crippen LogP contribution in [-0.4, -0.2) is 60.4 Å². The highest BCUT2D eigenvalue weighted by molar-refractivity contribution is 7.86. The number of ketones is 2. The van der Waals surface area contributed by atoms with Gasteiger partial charge in [0.05, 0.1) is 12.4 Å². The standard InChI is InChI=1S/C23H31FO7S/c1-13-9-17-16-6-5-14-10-15(25)7-8-20(14,2)22(16,24)18(26)11-21(17,3)23(13,28)19(27)12-31-32(4,29)30/h7-8,10,13,16-18,26,28H,5-6,9,11-12H2,1-4H3/t13-,16+,17-,18+,20+,21+,22+,23+/m1/s1. The summed E-state index contributed by atoms with van der Waals surface area (Å²) in [5.41, 5.74) is -5.67. The largest absolute Gasteiger partial charge is 0.390 e. The number of fused-ring (bicyclic) bond motifs is 5. The van der Waals surface area contributed by atoms with Crippen LogP contribution in [0.4, 0.5) is 4.39 Å². The number of carbonyl (C=O) groups excluding carboxylic acids is 2. The van der Waals surface area contributed by atoms with Crippen LogP contribution in [-0.2, 0) is 23.9 Å². The second-order valence-electron chi connectivity index (χ2n) is 10.6. The first kappa shape index (κ1) is 23.7. The van der Waals surface area contributed by atoms with E-state index in [0.29, 0.717) is 24.8 Å². The van der Waals surface area contributed by atoms with E-state index in [2.05, 4.69) is 4.18 Å². The van der Waals surface area contributed by atoms with Crippen LogP contribution in [0.2, 0.25) is 0 Å². The van der Waals surface area contributed by atoms with Crippen molar-refractivity contribution in [2.75, 3.05) is 12.9 Å². The molecule has 2 N–H and O–H groups in total. The van der Waals surface area contributed by atoms with Crippen molar-refractivity contribution in [3.8, 4) is 0 Å². The molecule has 0 bridgehead atoms. The van der Waals surface area contributed by atoms with Gasteiger partial charge in [-0.3, -0.25) is 13.8 Å². The zero-order valence-corrected chi connectivity index (χ0v) is 19.6. The average molecular weight is 471 g/mol. The molecule has 8 atom stereocenters. The van der Waals surface area contributed by atoms with Gasteiger partial charge in [0.25, 0.3) is 10.1 Å². The lowest BCUT2D eigenvalue weighted by molar-refractivity contribution is -0.219. The lowest BCUT2D eigenvalue weighted by atomic mass is 9.44. The molecular formula is C23H31FO7S. The molecule has 0 aromatic carbocycles. The van der Waals surface area contributed by atoms with Crippen LogP contribution in [0.5, 0.6) is 0 Å². The Morgan fingerprint density at radius 3 is 2.59 bits per heavy atom. The summed E-state index contributed by atoms with van der Waals surface area (Å²) < 4.78 is 44.5. The van der Waals surface area contributed by atoms with Gasteiger partial charge in [0, 0.05) is 16.7 Å². The van der Waals surface area contributed by atoms with Crippen molar-refractivity contribution in [1.82, 2.24) is 0 Å². The quantitative estimate of drug-likeness (QED) is 0.602. The van der Waals surface area contributed by atoms with Gasteiger partial charge in [-0.15, -0.1) is 0 Å². The Morgan fingerprint density at radius 1 is 1.31 bits per heavy atom. The van der Waals surface area contributed by atoms with Gasteiger partial charge < -0.3 is 10.2 Å². The first-order valence-corrected chi connectivity index (χ1v) is 12.8. The van der Waals surface area contributed by atoms with Crippen molar-refractivity contribution in [3.63, 3.8) is 0 Å². The summed E-state index contributed by atoms with van der Waals surface area (Å²) >= 11 is 0. The molecule has 0 saturated heterocycles. The van der Waals surface area contributed by atoms with Crippen molar-refractivity contribution in [2.24, 2.45) is 28.6 Å². The van der Waals surface area contributed by atoms with Crippen molar-refractivity contribution in [3.05, 3.63) is 23.8 Å². The van der Waals surface area contributed by atoms with Gasteiger partial charge in [0.2, 0.25) is 0 Å². The molecule has 9 heteroatoms. The molecule has 178 valence electrons. The van der Waals surface area contributed by atoms with Crippen LogP contribution in [0, 0.1) is 28.6 Å². The minimum absolute atomic E-state index is 0.166. The molecule has 4 aliphatic carbocycles. The average Bonchev–Trinajstić information content (AvgIpc) is 2.89. The second-order valence-corrected chi connectivity index (χ2v) is 12.2. The Morgan fingerprint density at radius 2 is 1.97 bits per heavy atom. The Kier molecular flexibility index (Phi) is 5.22. The highest BCUT2D eigenvalue weighted by Gasteiger charge is 2.75. The van der Waals surface area contributed by atoms with E-state index in [1.165, 1.54) is 12.2 Å². The van der Waals surface area contributed by atoms with Crippen LogP contribution in [0.1, 0.15) is 46.5 Å².